The number of imidazole rings is 1. The lowest BCUT2D eigenvalue weighted by molar-refractivity contribution is 0.416. The highest BCUT2D eigenvalue weighted by Crippen LogP contribution is 2.32. The number of halogens is 1. The number of H-pyrrole nitrogens is 1. The van der Waals surface area contributed by atoms with Crippen LogP contribution in [0.15, 0.2) is 36.4 Å². The predicted molar refractivity (Wildman–Crippen MR) is 81.0 cm³/mol. The fraction of sp³-hybridized carbons (Fsp3) is 0.133. The molecule has 3 aromatic rings. The van der Waals surface area contributed by atoms with E-state index in [2.05, 4.69) is 9.97 Å². The number of benzene rings is 2. The van der Waals surface area contributed by atoms with Crippen LogP contribution in [0.2, 0.25) is 5.02 Å². The number of rotatable bonds is 3. The molecule has 102 valence electrons. The van der Waals surface area contributed by atoms with Crippen LogP contribution in [0.25, 0.3) is 22.4 Å². The maximum absolute atomic E-state index is 5.98. The van der Waals surface area contributed by atoms with Gasteiger partial charge in [0.25, 0.3) is 0 Å². The summed E-state index contributed by atoms with van der Waals surface area (Å²) in [5, 5.41) is 0.629. The van der Waals surface area contributed by atoms with Crippen molar-refractivity contribution in [2.75, 3.05) is 7.11 Å². The summed E-state index contributed by atoms with van der Waals surface area (Å²) in [5.41, 5.74) is 9.48. The first kappa shape index (κ1) is 13.0. The van der Waals surface area contributed by atoms with Crippen LogP contribution < -0.4 is 10.5 Å². The average molecular weight is 288 g/mol. The molecule has 0 bridgehead atoms. The van der Waals surface area contributed by atoms with E-state index in [4.69, 9.17) is 22.1 Å². The van der Waals surface area contributed by atoms with Gasteiger partial charge in [-0.3, -0.25) is 0 Å². The minimum atomic E-state index is 0.458. The molecule has 3 N–H and O–H groups in total. The van der Waals surface area contributed by atoms with Crippen molar-refractivity contribution in [1.29, 1.82) is 0 Å². The molecule has 0 aliphatic heterocycles. The van der Waals surface area contributed by atoms with E-state index in [1.807, 2.05) is 30.3 Å². The van der Waals surface area contributed by atoms with Crippen molar-refractivity contribution in [1.82, 2.24) is 9.97 Å². The van der Waals surface area contributed by atoms with E-state index >= 15 is 0 Å². The summed E-state index contributed by atoms with van der Waals surface area (Å²) in [6.07, 6.45) is 0. The zero-order valence-electron chi connectivity index (χ0n) is 11.0. The summed E-state index contributed by atoms with van der Waals surface area (Å²) in [6, 6.07) is 11.4. The topological polar surface area (TPSA) is 63.9 Å². The third-order valence-corrected chi connectivity index (χ3v) is 3.47. The molecule has 0 unspecified atom stereocenters. The van der Waals surface area contributed by atoms with Crippen LogP contribution >= 0.6 is 11.6 Å². The number of aromatic nitrogens is 2. The van der Waals surface area contributed by atoms with Gasteiger partial charge in [0.1, 0.15) is 11.6 Å². The second kappa shape index (κ2) is 5.15. The Labute approximate surface area is 121 Å². The van der Waals surface area contributed by atoms with Crippen molar-refractivity contribution < 1.29 is 4.74 Å². The molecule has 0 saturated carbocycles. The highest BCUT2D eigenvalue weighted by molar-refractivity contribution is 6.30. The van der Waals surface area contributed by atoms with Crippen molar-refractivity contribution in [3.8, 4) is 17.1 Å². The van der Waals surface area contributed by atoms with Gasteiger partial charge in [-0.25, -0.2) is 4.98 Å². The van der Waals surface area contributed by atoms with Crippen LogP contribution in [0.3, 0.4) is 0 Å². The largest absolute Gasteiger partial charge is 0.496 e. The first-order valence-corrected chi connectivity index (χ1v) is 6.62. The fourth-order valence-electron chi connectivity index (χ4n) is 2.24. The first-order chi connectivity index (χ1) is 9.72. The van der Waals surface area contributed by atoms with Crippen LogP contribution in [-0.4, -0.2) is 17.1 Å². The van der Waals surface area contributed by atoms with Crippen LogP contribution in [0.1, 0.15) is 5.56 Å². The van der Waals surface area contributed by atoms with E-state index in [1.165, 1.54) is 0 Å². The number of fused-ring (bicyclic) bond motifs is 1. The molecule has 2 aromatic carbocycles. The van der Waals surface area contributed by atoms with Crippen molar-refractivity contribution in [3.63, 3.8) is 0 Å². The fourth-order valence-corrected chi connectivity index (χ4v) is 2.41. The molecule has 4 nitrogen and oxygen atoms in total. The molecule has 0 spiro atoms. The van der Waals surface area contributed by atoms with E-state index in [1.54, 1.807) is 13.2 Å². The summed E-state index contributed by atoms with van der Waals surface area (Å²) in [4.78, 5) is 7.92. The molecule has 0 aliphatic carbocycles. The zero-order valence-corrected chi connectivity index (χ0v) is 11.7. The number of nitrogens with zero attached hydrogens (tertiary/aromatic N) is 1. The maximum atomic E-state index is 5.98. The second-order valence-electron chi connectivity index (χ2n) is 4.45. The first-order valence-electron chi connectivity index (χ1n) is 6.24. The lowest BCUT2D eigenvalue weighted by Crippen LogP contribution is -1.96. The molecule has 5 heteroatoms. The molecule has 20 heavy (non-hydrogen) atoms. The zero-order chi connectivity index (χ0) is 14.1. The number of ether oxygens (including phenoxy) is 1. The molecule has 0 saturated heterocycles. The Morgan fingerprint density at radius 2 is 2.15 bits per heavy atom. The molecule has 1 heterocycles. The highest BCUT2D eigenvalue weighted by Gasteiger charge is 2.12. The molecular weight excluding hydrogens is 274 g/mol. The van der Waals surface area contributed by atoms with E-state index in [0.717, 1.165) is 28.0 Å². The maximum Gasteiger partial charge on any atom is 0.142 e. The van der Waals surface area contributed by atoms with Gasteiger partial charge in [-0.15, -0.1) is 0 Å². The van der Waals surface area contributed by atoms with Crippen LogP contribution in [0.4, 0.5) is 0 Å². The van der Waals surface area contributed by atoms with Crippen LogP contribution in [0, 0.1) is 0 Å². The number of aromatic amines is 1. The van der Waals surface area contributed by atoms with E-state index in [0.29, 0.717) is 17.3 Å². The van der Waals surface area contributed by atoms with Crippen LogP contribution in [0.5, 0.6) is 5.75 Å². The Hall–Kier alpha value is -2.04. The summed E-state index contributed by atoms with van der Waals surface area (Å²) in [5.74, 6) is 1.43. The van der Waals surface area contributed by atoms with Crippen LogP contribution in [-0.2, 0) is 6.54 Å². The number of nitrogens with two attached hydrogens (primary N) is 1. The Bertz CT molecular complexity index is 767. The Morgan fingerprint density at radius 3 is 2.90 bits per heavy atom. The molecule has 3 rings (SSSR count). The van der Waals surface area contributed by atoms with Gasteiger partial charge in [-0.2, -0.15) is 0 Å². The molecule has 1 aromatic heterocycles. The van der Waals surface area contributed by atoms with Gasteiger partial charge in [0, 0.05) is 11.6 Å². The van der Waals surface area contributed by atoms with Crippen molar-refractivity contribution >= 4 is 22.6 Å². The van der Waals surface area contributed by atoms with Gasteiger partial charge in [0.2, 0.25) is 0 Å². The third-order valence-electron chi connectivity index (χ3n) is 3.23. The van der Waals surface area contributed by atoms with Gasteiger partial charge in [0.15, 0.2) is 0 Å². The SMILES string of the molecule is COc1cc(Cl)ccc1-c1nc2c(CN)cccc2[nH]1. The minimum absolute atomic E-state index is 0.458. The summed E-state index contributed by atoms with van der Waals surface area (Å²) < 4.78 is 5.36. The lowest BCUT2D eigenvalue weighted by atomic mass is 10.2. The number of nitrogens with one attached hydrogen (secondary N) is 1. The van der Waals surface area contributed by atoms with Gasteiger partial charge in [-0.1, -0.05) is 23.7 Å². The smallest absolute Gasteiger partial charge is 0.142 e. The Balaban J connectivity index is 2.20. The molecule has 0 fully saturated rings. The van der Waals surface area contributed by atoms with Crippen molar-refractivity contribution in [3.05, 3.63) is 47.0 Å². The van der Waals surface area contributed by atoms with Crippen molar-refractivity contribution in [2.24, 2.45) is 5.73 Å². The van der Waals surface area contributed by atoms with Crippen molar-refractivity contribution in [2.45, 2.75) is 6.54 Å². The molecular formula is C15H14ClN3O. The number of hydrogen-bond acceptors (Lipinski definition) is 3. The average Bonchev–Trinajstić information content (AvgIpc) is 2.90. The highest BCUT2D eigenvalue weighted by atomic mass is 35.5. The van der Waals surface area contributed by atoms with Gasteiger partial charge >= 0.3 is 0 Å². The third kappa shape index (κ3) is 2.13. The quantitative estimate of drug-likeness (QED) is 0.776. The molecule has 0 radical (unpaired) electrons. The summed E-state index contributed by atoms with van der Waals surface area (Å²) in [7, 11) is 1.61. The second-order valence-corrected chi connectivity index (χ2v) is 4.88. The van der Waals surface area contributed by atoms with Gasteiger partial charge < -0.3 is 15.5 Å². The monoisotopic (exact) mass is 287 g/mol. The summed E-state index contributed by atoms with van der Waals surface area (Å²) >= 11 is 5.98. The Morgan fingerprint density at radius 1 is 1.30 bits per heavy atom. The number of para-hydroxylation sites is 1. The Kier molecular flexibility index (Phi) is 3.34. The van der Waals surface area contributed by atoms with E-state index < -0.39 is 0 Å². The molecule has 0 aliphatic rings. The summed E-state index contributed by atoms with van der Waals surface area (Å²) in [6.45, 7) is 0.458. The number of methoxy groups -OCH3 is 1. The molecule has 0 atom stereocenters. The van der Waals surface area contributed by atoms with E-state index in [-0.39, 0.29) is 0 Å². The molecule has 0 amide bonds. The van der Waals surface area contributed by atoms with Gasteiger partial charge in [0.05, 0.1) is 23.7 Å². The standard InChI is InChI=1S/C15H14ClN3O/c1-20-13-7-10(16)5-6-11(13)15-18-12-4-2-3-9(8-17)14(12)19-15/h2-7H,8,17H2,1H3,(H,18,19). The number of hydrogen-bond donors (Lipinski definition) is 2. The van der Waals surface area contributed by atoms with E-state index in [9.17, 15) is 0 Å². The predicted octanol–water partition coefficient (Wildman–Crippen LogP) is 3.35. The lowest BCUT2D eigenvalue weighted by Gasteiger charge is -2.06. The van der Waals surface area contributed by atoms with Gasteiger partial charge in [-0.05, 0) is 29.8 Å². The normalized spacial score (nSPS) is 10.9. The minimum Gasteiger partial charge on any atom is -0.496 e.